The van der Waals surface area contributed by atoms with E-state index in [1.165, 1.54) is 18.4 Å². The number of methoxy groups -OCH3 is 1. The first-order valence-electron chi connectivity index (χ1n) is 16.0. The van der Waals surface area contributed by atoms with Crippen LogP contribution in [0, 0.1) is 11.3 Å². The van der Waals surface area contributed by atoms with Crippen LogP contribution in [0.15, 0.2) is 72.1 Å². The number of rotatable bonds is 12. The normalized spacial score (nSPS) is 11.4. The summed E-state index contributed by atoms with van der Waals surface area (Å²) in [5.41, 5.74) is 1.57. The van der Waals surface area contributed by atoms with Crippen LogP contribution >= 0.6 is 11.3 Å². The van der Waals surface area contributed by atoms with E-state index in [0.29, 0.717) is 33.0 Å². The highest BCUT2D eigenvalue weighted by atomic mass is 32.1. The van der Waals surface area contributed by atoms with Crippen LogP contribution in [0.2, 0.25) is 0 Å². The Hall–Kier alpha value is -5.49. The summed E-state index contributed by atoms with van der Waals surface area (Å²) < 4.78 is 21.7. The molecule has 0 aliphatic rings. The predicted octanol–water partition coefficient (Wildman–Crippen LogP) is 7.01. The number of thiophene rings is 1. The molecule has 2 aromatic heterocycles. The molecule has 4 N–H and O–H groups in total. The summed E-state index contributed by atoms with van der Waals surface area (Å²) >= 11 is 1.27. The van der Waals surface area contributed by atoms with E-state index < -0.39 is 35.6 Å². The Morgan fingerprint density at radius 3 is 2.18 bits per heavy atom. The van der Waals surface area contributed by atoms with Gasteiger partial charge in [-0.2, -0.15) is 5.26 Å². The zero-order valence-electron chi connectivity index (χ0n) is 29.6. The van der Waals surface area contributed by atoms with Gasteiger partial charge in [0.1, 0.15) is 28.6 Å². The first-order valence-corrected chi connectivity index (χ1v) is 16.9. The molecule has 0 aliphatic heterocycles. The highest BCUT2D eigenvalue weighted by Gasteiger charge is 2.24. The van der Waals surface area contributed by atoms with Crippen LogP contribution in [0.5, 0.6) is 5.75 Å². The Balaban J connectivity index is 1.71. The molecule has 0 aliphatic carbocycles. The van der Waals surface area contributed by atoms with E-state index in [9.17, 15) is 19.6 Å². The van der Waals surface area contributed by atoms with E-state index in [2.05, 4.69) is 27.3 Å². The molecular formula is C37H42N6O7S. The standard InChI is InChI=1S/C37H42N6O7S/c1-36(2,3)49-34(45)42-33(43-35(46)50-37(4,5)6)39-21-23-12-10-13-24(18-23)26-19-28(25-14-8-9-15-29(25)48-22-47-7)40-31(27(26)20-38)41-32(44)30-16-11-17-51-30/h8-19,33,39H,21-22H2,1-7H3,(H,42,45)(H,43,46)(H,40,41,44). The van der Waals surface area contributed by atoms with Crippen LogP contribution in [0.25, 0.3) is 22.4 Å². The monoisotopic (exact) mass is 714 g/mol. The molecule has 0 bridgehead atoms. The second-order valence-electron chi connectivity index (χ2n) is 13.2. The highest BCUT2D eigenvalue weighted by molar-refractivity contribution is 7.12. The van der Waals surface area contributed by atoms with Crippen LogP contribution < -0.4 is 26.0 Å². The maximum Gasteiger partial charge on any atom is 0.410 e. The summed E-state index contributed by atoms with van der Waals surface area (Å²) in [6.07, 6.45) is -2.57. The second kappa shape index (κ2) is 16.9. The molecule has 3 amide bonds. The van der Waals surface area contributed by atoms with Gasteiger partial charge in [-0.1, -0.05) is 36.4 Å². The molecule has 268 valence electrons. The molecule has 51 heavy (non-hydrogen) atoms. The van der Waals surface area contributed by atoms with Crippen LogP contribution in [0.1, 0.15) is 62.3 Å². The minimum Gasteiger partial charge on any atom is -0.467 e. The van der Waals surface area contributed by atoms with Crippen molar-refractivity contribution in [2.24, 2.45) is 0 Å². The van der Waals surface area contributed by atoms with Crippen molar-refractivity contribution in [3.63, 3.8) is 0 Å². The summed E-state index contributed by atoms with van der Waals surface area (Å²) in [7, 11) is 1.52. The Morgan fingerprint density at radius 2 is 1.57 bits per heavy atom. The summed E-state index contributed by atoms with van der Waals surface area (Å²) in [4.78, 5) is 43.6. The van der Waals surface area contributed by atoms with E-state index in [4.69, 9.17) is 23.9 Å². The van der Waals surface area contributed by atoms with E-state index >= 15 is 0 Å². The Morgan fingerprint density at radius 1 is 0.882 bits per heavy atom. The molecule has 0 radical (unpaired) electrons. The SMILES string of the molecule is COCOc1ccccc1-c1cc(-c2cccc(CNC(NC(=O)OC(C)(C)C)NC(=O)OC(C)(C)C)c2)c(C#N)c(NC(=O)c2cccs2)n1. The molecule has 0 spiro atoms. The average molecular weight is 715 g/mol. The van der Waals surface area contributed by atoms with Crippen molar-refractivity contribution in [2.75, 3.05) is 19.2 Å². The highest BCUT2D eigenvalue weighted by Crippen LogP contribution is 2.36. The third-order valence-electron chi connectivity index (χ3n) is 6.67. The number of amides is 3. The lowest BCUT2D eigenvalue weighted by atomic mass is 9.96. The number of anilines is 1. The van der Waals surface area contributed by atoms with E-state index in [0.717, 1.165) is 5.56 Å². The second-order valence-corrected chi connectivity index (χ2v) is 14.1. The molecule has 4 aromatic rings. The van der Waals surface area contributed by atoms with Gasteiger partial charge in [0, 0.05) is 24.8 Å². The van der Waals surface area contributed by atoms with Gasteiger partial charge < -0.3 is 24.3 Å². The lowest BCUT2D eigenvalue weighted by Gasteiger charge is -2.26. The van der Waals surface area contributed by atoms with Gasteiger partial charge in [0.2, 0.25) is 0 Å². The topological polar surface area (TPSA) is 173 Å². The molecule has 14 heteroatoms. The fraction of sp³-hybridized carbons (Fsp3) is 0.324. The maximum atomic E-state index is 13.2. The smallest absolute Gasteiger partial charge is 0.410 e. The van der Waals surface area contributed by atoms with E-state index in [1.807, 2.05) is 42.5 Å². The Bertz CT molecular complexity index is 1850. The third kappa shape index (κ3) is 11.5. The van der Waals surface area contributed by atoms with Gasteiger partial charge in [0.15, 0.2) is 18.9 Å². The van der Waals surface area contributed by atoms with Gasteiger partial charge >= 0.3 is 12.2 Å². The van der Waals surface area contributed by atoms with Crippen molar-refractivity contribution in [3.8, 4) is 34.2 Å². The molecule has 13 nitrogen and oxygen atoms in total. The van der Waals surface area contributed by atoms with Crippen molar-refractivity contribution >= 4 is 35.2 Å². The first-order chi connectivity index (χ1) is 24.2. The van der Waals surface area contributed by atoms with Gasteiger partial charge in [-0.05, 0) is 88.4 Å². The summed E-state index contributed by atoms with van der Waals surface area (Å²) in [5, 5.41) is 23.4. The number of hydrogen-bond donors (Lipinski definition) is 4. The fourth-order valence-corrected chi connectivity index (χ4v) is 5.29. The number of nitriles is 1. The lowest BCUT2D eigenvalue weighted by Crippen LogP contribution is -2.57. The average Bonchev–Trinajstić information content (AvgIpc) is 3.60. The molecule has 0 saturated carbocycles. The van der Waals surface area contributed by atoms with Gasteiger partial charge in [0.25, 0.3) is 5.91 Å². The van der Waals surface area contributed by atoms with Gasteiger partial charge in [0.05, 0.1) is 10.6 Å². The molecule has 0 saturated heterocycles. The number of hydrogen-bond acceptors (Lipinski definition) is 11. The number of nitrogens with one attached hydrogen (secondary N) is 4. The maximum absolute atomic E-state index is 13.2. The largest absolute Gasteiger partial charge is 0.467 e. The van der Waals surface area contributed by atoms with E-state index in [-0.39, 0.29) is 24.7 Å². The number of carbonyl (C=O) groups is 3. The van der Waals surface area contributed by atoms with Gasteiger partial charge in [-0.15, -0.1) is 11.3 Å². The molecule has 4 rings (SSSR count). The van der Waals surface area contributed by atoms with Crippen LogP contribution in [0.3, 0.4) is 0 Å². The molecule has 0 unspecified atom stereocenters. The number of nitrogens with zero attached hydrogens (tertiary/aromatic N) is 2. The van der Waals surface area contributed by atoms with Gasteiger partial charge in [-0.25, -0.2) is 14.6 Å². The zero-order valence-corrected chi connectivity index (χ0v) is 30.4. The van der Waals surface area contributed by atoms with Crippen LogP contribution in [0.4, 0.5) is 15.4 Å². The molecule has 2 heterocycles. The number of carbonyl (C=O) groups excluding carboxylic acids is 3. The third-order valence-corrected chi connectivity index (χ3v) is 7.54. The number of alkyl carbamates (subject to hydrolysis) is 2. The summed E-state index contributed by atoms with van der Waals surface area (Å²) in [6, 6.07) is 22.0. The van der Waals surface area contributed by atoms with Crippen molar-refractivity contribution < 1.29 is 33.3 Å². The van der Waals surface area contributed by atoms with Crippen LogP contribution in [-0.4, -0.2) is 54.5 Å². The minimum absolute atomic E-state index is 0.00370. The number of pyridine rings is 1. The number of ether oxygens (including phenoxy) is 4. The van der Waals surface area contributed by atoms with Gasteiger partial charge in [-0.3, -0.25) is 20.7 Å². The molecular weight excluding hydrogens is 673 g/mol. The van der Waals surface area contributed by atoms with Crippen LogP contribution in [-0.2, 0) is 20.8 Å². The summed E-state index contributed by atoms with van der Waals surface area (Å²) in [5.74, 6) is 0.175. The number of benzene rings is 2. The molecule has 0 fully saturated rings. The molecule has 0 atom stereocenters. The van der Waals surface area contributed by atoms with Crippen molar-refractivity contribution in [1.82, 2.24) is 20.9 Å². The zero-order chi connectivity index (χ0) is 37.2. The molecule has 2 aromatic carbocycles. The quantitative estimate of drug-likeness (QED) is 0.112. The predicted molar refractivity (Wildman–Crippen MR) is 194 cm³/mol. The van der Waals surface area contributed by atoms with E-state index in [1.54, 1.807) is 71.2 Å². The fourth-order valence-electron chi connectivity index (χ4n) is 4.68. The Kier molecular flexibility index (Phi) is 12.7. The number of para-hydroxylation sites is 1. The lowest BCUT2D eigenvalue weighted by molar-refractivity contribution is 0.0404. The van der Waals surface area contributed by atoms with Crippen molar-refractivity contribution in [3.05, 3.63) is 88.1 Å². The van der Waals surface area contributed by atoms with Crippen molar-refractivity contribution in [2.45, 2.75) is 65.6 Å². The Labute approximate surface area is 301 Å². The summed E-state index contributed by atoms with van der Waals surface area (Å²) in [6.45, 7) is 10.5. The minimum atomic E-state index is -1.07. The van der Waals surface area contributed by atoms with Crippen molar-refractivity contribution in [1.29, 1.82) is 5.26 Å². The first kappa shape index (κ1) is 38.3. The number of aromatic nitrogens is 1.